The lowest BCUT2D eigenvalue weighted by atomic mass is 9.88. The first-order chi connectivity index (χ1) is 14.9. The molecule has 3 rings (SSSR count). The van der Waals surface area contributed by atoms with Gasteiger partial charge in [-0.25, -0.2) is 0 Å². The summed E-state index contributed by atoms with van der Waals surface area (Å²) < 4.78 is 0. The van der Waals surface area contributed by atoms with Crippen LogP contribution in [0.3, 0.4) is 0 Å². The molecule has 3 amide bonds. The van der Waals surface area contributed by atoms with Crippen molar-refractivity contribution < 1.29 is 14.4 Å². The predicted molar refractivity (Wildman–Crippen MR) is 123 cm³/mol. The van der Waals surface area contributed by atoms with Crippen LogP contribution in [0.4, 0.5) is 0 Å². The molecular formula is C24H31N3O3S. The molecule has 2 aromatic rings. The van der Waals surface area contributed by atoms with Gasteiger partial charge in [0.2, 0.25) is 5.91 Å². The number of carbonyl (C=O) groups is 3. The minimum atomic E-state index is -0.624. The molecule has 2 N–H and O–H groups in total. The van der Waals surface area contributed by atoms with Crippen molar-refractivity contribution in [2.24, 2.45) is 5.92 Å². The lowest BCUT2D eigenvalue weighted by molar-refractivity contribution is -0.125. The van der Waals surface area contributed by atoms with Gasteiger partial charge in [0.15, 0.2) is 0 Å². The number of aryl methyl sites for hydroxylation is 1. The molecule has 1 saturated heterocycles. The van der Waals surface area contributed by atoms with Crippen molar-refractivity contribution >= 4 is 29.1 Å². The summed E-state index contributed by atoms with van der Waals surface area (Å²) in [6.45, 7) is 7.06. The highest BCUT2D eigenvalue weighted by Crippen LogP contribution is 2.24. The molecule has 0 radical (unpaired) electrons. The molecule has 6 nitrogen and oxygen atoms in total. The number of benzene rings is 1. The van der Waals surface area contributed by atoms with Gasteiger partial charge in [0.1, 0.15) is 6.04 Å². The number of rotatable bonds is 7. The number of hydrogen-bond donors (Lipinski definition) is 2. The van der Waals surface area contributed by atoms with Gasteiger partial charge in [-0.1, -0.05) is 30.7 Å². The zero-order valence-electron chi connectivity index (χ0n) is 18.4. The van der Waals surface area contributed by atoms with Crippen LogP contribution in [0.5, 0.6) is 0 Å². The van der Waals surface area contributed by atoms with Gasteiger partial charge in [0.25, 0.3) is 11.8 Å². The first kappa shape index (κ1) is 23.0. The molecule has 1 fully saturated rings. The first-order valence-corrected chi connectivity index (χ1v) is 11.8. The summed E-state index contributed by atoms with van der Waals surface area (Å²) in [5, 5.41) is 7.90. The Bertz CT molecular complexity index is 905. The molecule has 7 heteroatoms. The van der Waals surface area contributed by atoms with E-state index in [-0.39, 0.29) is 29.7 Å². The SMILES string of the molecule is CC[C@H](C)NC(=O)[C@H](NC(=O)c1cccc(C)c1)C1CCN(C(=O)c2cccs2)CC1. The fraction of sp³-hybridized carbons (Fsp3) is 0.458. The van der Waals surface area contributed by atoms with Gasteiger partial charge in [0.05, 0.1) is 4.88 Å². The zero-order chi connectivity index (χ0) is 22.4. The van der Waals surface area contributed by atoms with Gasteiger partial charge in [-0.2, -0.15) is 0 Å². The topological polar surface area (TPSA) is 78.5 Å². The average molecular weight is 442 g/mol. The van der Waals surface area contributed by atoms with Crippen molar-refractivity contribution in [1.82, 2.24) is 15.5 Å². The quantitative estimate of drug-likeness (QED) is 0.689. The van der Waals surface area contributed by atoms with Crippen molar-refractivity contribution in [3.8, 4) is 0 Å². The average Bonchev–Trinajstić information content (AvgIpc) is 3.31. The molecule has 2 atom stereocenters. The fourth-order valence-electron chi connectivity index (χ4n) is 3.84. The van der Waals surface area contributed by atoms with Gasteiger partial charge < -0.3 is 15.5 Å². The second-order valence-electron chi connectivity index (χ2n) is 8.25. The molecule has 1 aromatic carbocycles. The molecule has 0 saturated carbocycles. The van der Waals surface area contributed by atoms with Gasteiger partial charge in [-0.05, 0) is 62.6 Å². The van der Waals surface area contributed by atoms with Crippen molar-refractivity contribution in [3.05, 3.63) is 57.8 Å². The number of carbonyl (C=O) groups excluding carboxylic acids is 3. The monoisotopic (exact) mass is 441 g/mol. The summed E-state index contributed by atoms with van der Waals surface area (Å²) in [7, 11) is 0. The Hall–Kier alpha value is -2.67. The van der Waals surface area contributed by atoms with E-state index in [4.69, 9.17) is 0 Å². The lowest BCUT2D eigenvalue weighted by Crippen LogP contribution is -2.55. The van der Waals surface area contributed by atoms with Gasteiger partial charge in [-0.15, -0.1) is 11.3 Å². The highest BCUT2D eigenvalue weighted by atomic mass is 32.1. The number of likely N-dealkylation sites (tertiary alicyclic amines) is 1. The van der Waals surface area contributed by atoms with Crippen molar-refractivity contribution in [2.45, 2.75) is 52.1 Å². The van der Waals surface area contributed by atoms with E-state index >= 15 is 0 Å². The molecule has 0 aliphatic carbocycles. The second kappa shape index (κ2) is 10.6. The summed E-state index contributed by atoms with van der Waals surface area (Å²) in [4.78, 5) is 41.1. The summed E-state index contributed by atoms with van der Waals surface area (Å²) >= 11 is 1.44. The summed E-state index contributed by atoms with van der Waals surface area (Å²) in [6, 6.07) is 10.5. The van der Waals surface area contributed by atoms with Crippen LogP contribution in [0.1, 0.15) is 58.7 Å². The normalized spacial score (nSPS) is 16.4. The number of nitrogens with zero attached hydrogens (tertiary/aromatic N) is 1. The Balaban J connectivity index is 1.70. The molecule has 1 aliphatic heterocycles. The Morgan fingerprint density at radius 1 is 1.13 bits per heavy atom. The van der Waals surface area contributed by atoms with E-state index < -0.39 is 6.04 Å². The predicted octanol–water partition coefficient (Wildman–Crippen LogP) is 3.62. The minimum Gasteiger partial charge on any atom is -0.352 e. The highest BCUT2D eigenvalue weighted by molar-refractivity contribution is 7.12. The molecular weight excluding hydrogens is 410 g/mol. The number of amides is 3. The third kappa shape index (κ3) is 5.94. The third-order valence-corrected chi connectivity index (χ3v) is 6.74. The van der Waals surface area contributed by atoms with Crippen LogP contribution in [-0.4, -0.2) is 47.8 Å². The van der Waals surface area contributed by atoms with E-state index in [9.17, 15) is 14.4 Å². The van der Waals surface area contributed by atoms with Crippen molar-refractivity contribution in [2.75, 3.05) is 13.1 Å². The maximum atomic E-state index is 13.0. The van der Waals surface area contributed by atoms with Crippen molar-refractivity contribution in [1.29, 1.82) is 0 Å². The summed E-state index contributed by atoms with van der Waals surface area (Å²) in [5.41, 5.74) is 1.54. The van der Waals surface area contributed by atoms with Gasteiger partial charge in [0, 0.05) is 24.7 Å². The zero-order valence-corrected chi connectivity index (χ0v) is 19.2. The smallest absolute Gasteiger partial charge is 0.263 e. The first-order valence-electron chi connectivity index (χ1n) is 10.9. The minimum absolute atomic E-state index is 0.0230. The standard InChI is InChI=1S/C24H31N3O3S/c1-4-17(3)25-23(29)21(26-22(28)19-8-5-7-16(2)15-19)18-10-12-27(13-11-18)24(30)20-9-6-14-31-20/h5-9,14-15,17-18,21H,4,10-13H2,1-3H3,(H,25,29)(H,26,28)/t17-,21+/m0/s1. The molecule has 166 valence electrons. The maximum absolute atomic E-state index is 13.0. The van der Waals surface area contributed by atoms with E-state index in [0.29, 0.717) is 31.5 Å². The Morgan fingerprint density at radius 2 is 1.87 bits per heavy atom. The highest BCUT2D eigenvalue weighted by Gasteiger charge is 2.34. The van der Waals surface area contributed by atoms with Crippen LogP contribution in [0, 0.1) is 12.8 Å². The molecule has 1 aliphatic rings. The Labute approximate surface area is 188 Å². The Morgan fingerprint density at radius 3 is 2.48 bits per heavy atom. The Kier molecular flexibility index (Phi) is 7.85. The molecule has 0 bridgehead atoms. The third-order valence-electron chi connectivity index (χ3n) is 5.88. The van der Waals surface area contributed by atoms with E-state index in [1.165, 1.54) is 11.3 Å². The number of thiophene rings is 1. The van der Waals surface area contributed by atoms with Gasteiger partial charge >= 0.3 is 0 Å². The fourth-order valence-corrected chi connectivity index (χ4v) is 4.53. The molecule has 0 unspecified atom stereocenters. The van der Waals surface area contributed by atoms with Crippen LogP contribution < -0.4 is 10.6 Å². The van der Waals surface area contributed by atoms with Crippen LogP contribution in [-0.2, 0) is 4.79 Å². The summed E-state index contributed by atoms with van der Waals surface area (Å²) in [5.74, 6) is -0.383. The van der Waals surface area contributed by atoms with Crippen LogP contribution in [0.15, 0.2) is 41.8 Å². The van der Waals surface area contributed by atoms with E-state index in [1.807, 2.05) is 61.4 Å². The lowest BCUT2D eigenvalue weighted by Gasteiger charge is -2.36. The van der Waals surface area contributed by atoms with E-state index in [1.54, 1.807) is 6.07 Å². The van der Waals surface area contributed by atoms with Crippen LogP contribution >= 0.6 is 11.3 Å². The maximum Gasteiger partial charge on any atom is 0.263 e. The van der Waals surface area contributed by atoms with Crippen LogP contribution in [0.25, 0.3) is 0 Å². The summed E-state index contributed by atoms with van der Waals surface area (Å²) in [6.07, 6.45) is 2.16. The molecule has 0 spiro atoms. The van der Waals surface area contributed by atoms with Crippen LogP contribution in [0.2, 0.25) is 0 Å². The molecule has 1 aromatic heterocycles. The van der Waals surface area contributed by atoms with Crippen molar-refractivity contribution in [3.63, 3.8) is 0 Å². The number of hydrogen-bond acceptors (Lipinski definition) is 4. The largest absolute Gasteiger partial charge is 0.352 e. The second-order valence-corrected chi connectivity index (χ2v) is 9.19. The molecule has 31 heavy (non-hydrogen) atoms. The van der Waals surface area contributed by atoms with E-state index in [2.05, 4.69) is 10.6 Å². The number of nitrogens with one attached hydrogen (secondary N) is 2. The van der Waals surface area contributed by atoms with Gasteiger partial charge in [-0.3, -0.25) is 14.4 Å². The number of piperidine rings is 1. The molecule has 2 heterocycles. The van der Waals surface area contributed by atoms with E-state index in [0.717, 1.165) is 16.9 Å².